The topological polar surface area (TPSA) is 41.1 Å². The summed E-state index contributed by atoms with van der Waals surface area (Å²) in [5.74, 6) is -0.728. The number of amides is 1. The van der Waals surface area contributed by atoms with Crippen molar-refractivity contribution in [3.05, 3.63) is 34.1 Å². The van der Waals surface area contributed by atoms with Gasteiger partial charge in [-0.15, -0.1) is 0 Å². The standard InChI is InChI=1S/C14H18ClFN2O/c1-9-7-12(15)11(8-13(9)16)14(19)18-6-4-10-3-2-5-17-10/h7-8,10,17H,2-6H2,1H3,(H,18,19). The number of carbonyl (C=O) groups excluding carboxylic acids is 1. The third kappa shape index (κ3) is 3.67. The van der Waals surface area contributed by atoms with E-state index in [1.54, 1.807) is 6.92 Å². The molecule has 0 aromatic heterocycles. The van der Waals surface area contributed by atoms with Crippen LogP contribution in [-0.2, 0) is 0 Å². The second-order valence-corrected chi connectivity index (χ2v) is 5.33. The summed E-state index contributed by atoms with van der Waals surface area (Å²) in [6.45, 7) is 3.24. The molecular weight excluding hydrogens is 267 g/mol. The van der Waals surface area contributed by atoms with E-state index in [9.17, 15) is 9.18 Å². The molecule has 1 saturated heterocycles. The lowest BCUT2D eigenvalue weighted by atomic mass is 10.1. The zero-order valence-corrected chi connectivity index (χ0v) is 11.7. The van der Waals surface area contributed by atoms with Gasteiger partial charge in [0.05, 0.1) is 10.6 Å². The maximum Gasteiger partial charge on any atom is 0.252 e. The Labute approximate surface area is 117 Å². The number of hydrogen-bond donors (Lipinski definition) is 2. The second-order valence-electron chi connectivity index (χ2n) is 4.92. The Morgan fingerprint density at radius 2 is 2.37 bits per heavy atom. The molecule has 1 fully saturated rings. The Balaban J connectivity index is 1.90. The molecule has 0 saturated carbocycles. The first-order valence-electron chi connectivity index (χ1n) is 6.55. The van der Waals surface area contributed by atoms with Gasteiger partial charge in [-0.25, -0.2) is 4.39 Å². The van der Waals surface area contributed by atoms with Crippen LogP contribution in [0.5, 0.6) is 0 Å². The molecule has 3 nitrogen and oxygen atoms in total. The van der Waals surface area contributed by atoms with Crippen molar-refractivity contribution in [2.45, 2.75) is 32.2 Å². The summed E-state index contributed by atoms with van der Waals surface area (Å²) in [6.07, 6.45) is 3.22. The average molecular weight is 285 g/mol. The highest BCUT2D eigenvalue weighted by molar-refractivity contribution is 6.33. The van der Waals surface area contributed by atoms with E-state index in [-0.39, 0.29) is 16.5 Å². The van der Waals surface area contributed by atoms with Crippen molar-refractivity contribution < 1.29 is 9.18 Å². The van der Waals surface area contributed by atoms with Crippen LogP contribution in [0.2, 0.25) is 5.02 Å². The molecular formula is C14H18ClFN2O. The molecule has 1 aromatic carbocycles. The monoisotopic (exact) mass is 284 g/mol. The lowest BCUT2D eigenvalue weighted by molar-refractivity contribution is 0.0952. The fraction of sp³-hybridized carbons (Fsp3) is 0.500. The van der Waals surface area contributed by atoms with Gasteiger partial charge < -0.3 is 10.6 Å². The van der Waals surface area contributed by atoms with Crippen molar-refractivity contribution >= 4 is 17.5 Å². The summed E-state index contributed by atoms with van der Waals surface area (Å²) in [5.41, 5.74) is 0.640. The highest BCUT2D eigenvalue weighted by Crippen LogP contribution is 2.20. The number of halogens is 2. The van der Waals surface area contributed by atoms with Crippen molar-refractivity contribution in [2.75, 3.05) is 13.1 Å². The van der Waals surface area contributed by atoms with Gasteiger partial charge >= 0.3 is 0 Å². The number of nitrogens with one attached hydrogen (secondary N) is 2. The summed E-state index contributed by atoms with van der Waals surface area (Å²) in [4.78, 5) is 11.9. The summed E-state index contributed by atoms with van der Waals surface area (Å²) in [5, 5.41) is 6.43. The van der Waals surface area contributed by atoms with Gasteiger partial charge in [-0.1, -0.05) is 11.6 Å². The number of hydrogen-bond acceptors (Lipinski definition) is 2. The predicted octanol–water partition coefficient (Wildman–Crippen LogP) is 2.66. The second kappa shape index (κ2) is 6.35. The van der Waals surface area contributed by atoms with Crippen LogP contribution in [0, 0.1) is 12.7 Å². The van der Waals surface area contributed by atoms with Gasteiger partial charge in [0.15, 0.2) is 0 Å². The molecule has 0 bridgehead atoms. The molecule has 1 aromatic rings. The van der Waals surface area contributed by atoms with E-state index in [0.29, 0.717) is 18.2 Å². The maximum absolute atomic E-state index is 13.4. The Morgan fingerprint density at radius 1 is 1.58 bits per heavy atom. The summed E-state index contributed by atoms with van der Waals surface area (Å²) >= 11 is 5.96. The summed E-state index contributed by atoms with van der Waals surface area (Å²) < 4.78 is 13.4. The van der Waals surface area contributed by atoms with Gasteiger partial charge in [0.2, 0.25) is 0 Å². The van der Waals surface area contributed by atoms with Crippen LogP contribution in [0.15, 0.2) is 12.1 Å². The number of aryl methyl sites for hydroxylation is 1. The fourth-order valence-electron chi connectivity index (χ4n) is 2.28. The van der Waals surface area contributed by atoms with Gasteiger partial charge in [0.25, 0.3) is 5.91 Å². The maximum atomic E-state index is 13.4. The highest BCUT2D eigenvalue weighted by Gasteiger charge is 2.16. The van der Waals surface area contributed by atoms with Crippen LogP contribution in [0.1, 0.15) is 35.2 Å². The first-order chi connectivity index (χ1) is 9.08. The minimum atomic E-state index is -0.410. The van der Waals surface area contributed by atoms with Crippen LogP contribution in [0.25, 0.3) is 0 Å². The zero-order valence-electron chi connectivity index (χ0n) is 10.9. The molecule has 0 radical (unpaired) electrons. The lowest BCUT2D eigenvalue weighted by Gasteiger charge is -2.11. The van der Waals surface area contributed by atoms with Gasteiger partial charge in [0, 0.05) is 12.6 Å². The molecule has 2 N–H and O–H groups in total. The van der Waals surface area contributed by atoms with Gasteiger partial charge in [-0.05, 0) is 50.4 Å². The quantitative estimate of drug-likeness (QED) is 0.892. The van der Waals surface area contributed by atoms with E-state index in [2.05, 4.69) is 10.6 Å². The normalized spacial score (nSPS) is 18.6. The fourth-order valence-corrected chi connectivity index (χ4v) is 2.58. The van der Waals surface area contributed by atoms with E-state index in [4.69, 9.17) is 11.6 Å². The van der Waals surface area contributed by atoms with E-state index >= 15 is 0 Å². The molecule has 19 heavy (non-hydrogen) atoms. The number of rotatable bonds is 4. The molecule has 1 amide bonds. The van der Waals surface area contributed by atoms with Gasteiger partial charge in [0.1, 0.15) is 5.82 Å². The SMILES string of the molecule is Cc1cc(Cl)c(C(=O)NCCC2CCCN2)cc1F. The summed E-state index contributed by atoms with van der Waals surface area (Å²) in [7, 11) is 0. The molecule has 104 valence electrons. The van der Waals surface area contributed by atoms with E-state index in [0.717, 1.165) is 19.4 Å². The van der Waals surface area contributed by atoms with Gasteiger partial charge in [-0.2, -0.15) is 0 Å². The zero-order chi connectivity index (χ0) is 13.8. The Kier molecular flexibility index (Phi) is 4.77. The number of carbonyl (C=O) groups is 1. The van der Waals surface area contributed by atoms with E-state index in [1.807, 2.05) is 0 Å². The van der Waals surface area contributed by atoms with Crippen molar-refractivity contribution in [2.24, 2.45) is 0 Å². The van der Waals surface area contributed by atoms with Crippen LogP contribution >= 0.6 is 11.6 Å². The molecule has 1 atom stereocenters. The molecule has 1 unspecified atom stereocenters. The highest BCUT2D eigenvalue weighted by atomic mass is 35.5. The Morgan fingerprint density at radius 3 is 3.05 bits per heavy atom. The van der Waals surface area contributed by atoms with Crippen molar-refractivity contribution in [1.82, 2.24) is 10.6 Å². The minimum Gasteiger partial charge on any atom is -0.352 e. The van der Waals surface area contributed by atoms with E-state index in [1.165, 1.54) is 18.6 Å². The Bertz CT molecular complexity index is 473. The molecule has 1 aliphatic heterocycles. The lowest BCUT2D eigenvalue weighted by Crippen LogP contribution is -2.30. The van der Waals surface area contributed by atoms with Crippen molar-refractivity contribution in [1.29, 1.82) is 0 Å². The molecule has 5 heteroatoms. The smallest absolute Gasteiger partial charge is 0.252 e. The molecule has 0 spiro atoms. The van der Waals surface area contributed by atoms with Crippen molar-refractivity contribution in [3.63, 3.8) is 0 Å². The van der Waals surface area contributed by atoms with Crippen LogP contribution < -0.4 is 10.6 Å². The largest absolute Gasteiger partial charge is 0.352 e. The van der Waals surface area contributed by atoms with Gasteiger partial charge in [-0.3, -0.25) is 4.79 Å². The van der Waals surface area contributed by atoms with E-state index < -0.39 is 5.82 Å². The predicted molar refractivity (Wildman–Crippen MR) is 74.1 cm³/mol. The molecule has 0 aliphatic carbocycles. The third-order valence-corrected chi connectivity index (χ3v) is 3.75. The molecule has 2 rings (SSSR count). The third-order valence-electron chi connectivity index (χ3n) is 3.43. The van der Waals surface area contributed by atoms with Crippen LogP contribution in [0.4, 0.5) is 4.39 Å². The Hall–Kier alpha value is -1.13. The first kappa shape index (κ1) is 14.3. The minimum absolute atomic E-state index is 0.198. The molecule has 1 heterocycles. The molecule has 1 aliphatic rings. The first-order valence-corrected chi connectivity index (χ1v) is 6.93. The van der Waals surface area contributed by atoms with Crippen LogP contribution in [0.3, 0.4) is 0 Å². The number of benzene rings is 1. The summed E-state index contributed by atoms with van der Waals surface area (Å²) in [6, 6.07) is 3.15. The average Bonchev–Trinajstić information content (AvgIpc) is 2.86. The van der Waals surface area contributed by atoms with Crippen molar-refractivity contribution in [3.8, 4) is 0 Å². The van der Waals surface area contributed by atoms with Crippen LogP contribution in [-0.4, -0.2) is 25.0 Å².